The summed E-state index contributed by atoms with van der Waals surface area (Å²) in [4.78, 5) is 13.3. The summed E-state index contributed by atoms with van der Waals surface area (Å²) in [6.45, 7) is 8.19. The van der Waals surface area contributed by atoms with Crippen molar-refractivity contribution in [1.29, 1.82) is 0 Å². The highest BCUT2D eigenvalue weighted by Gasteiger charge is 2.34. The second-order valence-electron chi connectivity index (χ2n) is 5.41. The first-order valence-corrected chi connectivity index (χ1v) is 8.57. The van der Waals surface area contributed by atoms with Gasteiger partial charge in [0.25, 0.3) is 0 Å². The molecule has 1 unspecified atom stereocenters. The minimum Gasteiger partial charge on any atom is -0.465 e. The van der Waals surface area contributed by atoms with Crippen LogP contribution in [0.15, 0.2) is 29.2 Å². The van der Waals surface area contributed by atoms with Crippen LogP contribution in [-0.4, -0.2) is 29.9 Å². The minimum atomic E-state index is -0.657. The number of esters is 1. The van der Waals surface area contributed by atoms with Crippen molar-refractivity contribution in [2.45, 2.75) is 50.6 Å². The topological polar surface area (TPSA) is 38.3 Å². The van der Waals surface area contributed by atoms with Gasteiger partial charge in [0.2, 0.25) is 0 Å². The molecule has 1 aromatic carbocycles. The Kier molecular flexibility index (Phi) is 7.57. The molecule has 1 rings (SSSR count). The van der Waals surface area contributed by atoms with Gasteiger partial charge in [-0.15, -0.1) is 11.8 Å². The van der Waals surface area contributed by atoms with E-state index < -0.39 is 5.54 Å². The normalized spacial score (nSPS) is 14.0. The van der Waals surface area contributed by atoms with Crippen LogP contribution >= 0.6 is 23.4 Å². The number of hydrogen-bond donors (Lipinski definition) is 1. The molecule has 0 amide bonds. The lowest BCUT2D eigenvalue weighted by molar-refractivity contribution is -0.150. The van der Waals surface area contributed by atoms with Crippen LogP contribution in [0.4, 0.5) is 0 Å². The summed E-state index contributed by atoms with van der Waals surface area (Å²) in [6.07, 6.45) is 0.696. The van der Waals surface area contributed by atoms with Crippen molar-refractivity contribution in [3.8, 4) is 0 Å². The molecule has 0 aliphatic heterocycles. The molecular formula is C16H24ClNO2S. The van der Waals surface area contributed by atoms with Gasteiger partial charge in [-0.2, -0.15) is 0 Å². The lowest BCUT2D eigenvalue weighted by Crippen LogP contribution is -2.53. The first kappa shape index (κ1) is 18.3. The lowest BCUT2D eigenvalue weighted by atomic mass is 9.98. The zero-order chi connectivity index (χ0) is 15.9. The molecule has 21 heavy (non-hydrogen) atoms. The molecule has 118 valence electrons. The lowest BCUT2D eigenvalue weighted by Gasteiger charge is -2.30. The molecule has 5 heteroatoms. The number of hydrogen-bond acceptors (Lipinski definition) is 4. The maximum atomic E-state index is 12.2. The molecule has 0 bridgehead atoms. The molecule has 0 aromatic heterocycles. The van der Waals surface area contributed by atoms with Crippen molar-refractivity contribution in [3.05, 3.63) is 29.3 Å². The summed E-state index contributed by atoms with van der Waals surface area (Å²) < 4.78 is 5.20. The van der Waals surface area contributed by atoms with Crippen LogP contribution in [0.3, 0.4) is 0 Å². The number of carbonyl (C=O) groups excluding carboxylic acids is 1. The number of halogens is 1. The first-order chi connectivity index (χ1) is 9.87. The molecule has 1 N–H and O–H groups in total. The van der Waals surface area contributed by atoms with Crippen molar-refractivity contribution < 1.29 is 9.53 Å². The van der Waals surface area contributed by atoms with Gasteiger partial charge in [0.1, 0.15) is 5.54 Å². The molecule has 1 atom stereocenters. The molecule has 0 aliphatic rings. The maximum absolute atomic E-state index is 12.2. The van der Waals surface area contributed by atoms with E-state index in [2.05, 4.69) is 5.32 Å². The summed E-state index contributed by atoms with van der Waals surface area (Å²) in [5.41, 5.74) is -0.657. The predicted octanol–water partition coefficient (Wildman–Crippen LogP) is 4.14. The quantitative estimate of drug-likeness (QED) is 0.574. The van der Waals surface area contributed by atoms with Crippen molar-refractivity contribution >= 4 is 29.3 Å². The highest BCUT2D eigenvalue weighted by atomic mass is 35.5. The average molecular weight is 330 g/mol. The van der Waals surface area contributed by atoms with E-state index in [1.165, 1.54) is 0 Å². The van der Waals surface area contributed by atoms with Crippen LogP contribution in [0.5, 0.6) is 0 Å². The van der Waals surface area contributed by atoms with Crippen LogP contribution in [0.25, 0.3) is 0 Å². The molecular weight excluding hydrogens is 306 g/mol. The average Bonchev–Trinajstić information content (AvgIpc) is 2.38. The standard InChI is InChI=1S/C16H24ClNO2S/c1-5-20-15(19)16(4,18-12(2)3)9-10-21-14-8-6-7-13(17)11-14/h6-8,11-12,18H,5,9-10H2,1-4H3. The third kappa shape index (κ3) is 6.29. The van der Waals surface area contributed by atoms with Gasteiger partial charge < -0.3 is 4.74 Å². The minimum absolute atomic E-state index is 0.189. The second-order valence-corrected chi connectivity index (χ2v) is 7.01. The van der Waals surface area contributed by atoms with Crippen LogP contribution in [0.2, 0.25) is 5.02 Å². The van der Waals surface area contributed by atoms with E-state index in [-0.39, 0.29) is 12.0 Å². The second kappa shape index (κ2) is 8.66. The Bertz CT molecular complexity index is 467. The molecule has 1 aromatic rings. The monoisotopic (exact) mass is 329 g/mol. The van der Waals surface area contributed by atoms with Crippen LogP contribution in [0, 0.1) is 0 Å². The van der Waals surface area contributed by atoms with Gasteiger partial charge >= 0.3 is 5.97 Å². The summed E-state index contributed by atoms with van der Waals surface area (Å²) in [6, 6.07) is 7.96. The van der Waals surface area contributed by atoms with Gasteiger partial charge in [0.05, 0.1) is 6.61 Å². The van der Waals surface area contributed by atoms with Crippen molar-refractivity contribution in [1.82, 2.24) is 5.32 Å². The van der Waals surface area contributed by atoms with Crippen molar-refractivity contribution in [2.75, 3.05) is 12.4 Å². The van der Waals surface area contributed by atoms with Gasteiger partial charge in [-0.25, -0.2) is 0 Å². The number of ether oxygens (including phenoxy) is 1. The molecule has 0 heterocycles. The van der Waals surface area contributed by atoms with E-state index in [0.717, 1.165) is 15.7 Å². The van der Waals surface area contributed by atoms with Gasteiger partial charge in [0, 0.05) is 21.7 Å². The molecule has 0 saturated carbocycles. The van der Waals surface area contributed by atoms with Gasteiger partial charge in [0.15, 0.2) is 0 Å². The predicted molar refractivity (Wildman–Crippen MR) is 90.1 cm³/mol. The van der Waals surface area contributed by atoms with E-state index in [9.17, 15) is 4.79 Å². The molecule has 0 saturated heterocycles. The molecule has 0 fully saturated rings. The highest BCUT2D eigenvalue weighted by molar-refractivity contribution is 7.99. The molecule has 0 aliphatic carbocycles. The summed E-state index contributed by atoms with van der Waals surface area (Å²) in [5, 5.41) is 4.05. The third-order valence-corrected chi connectivity index (χ3v) is 4.23. The molecule has 0 spiro atoms. The molecule has 0 radical (unpaired) electrons. The highest BCUT2D eigenvalue weighted by Crippen LogP contribution is 2.25. The Morgan fingerprint density at radius 2 is 2.19 bits per heavy atom. The number of thioether (sulfide) groups is 1. The fraction of sp³-hybridized carbons (Fsp3) is 0.562. The zero-order valence-corrected chi connectivity index (χ0v) is 14.7. The largest absolute Gasteiger partial charge is 0.465 e. The van der Waals surface area contributed by atoms with Crippen molar-refractivity contribution in [2.24, 2.45) is 0 Å². The Labute approximate surface area is 136 Å². The van der Waals surface area contributed by atoms with E-state index in [4.69, 9.17) is 16.3 Å². The number of carbonyl (C=O) groups is 1. The number of benzene rings is 1. The fourth-order valence-corrected chi connectivity index (χ4v) is 3.48. The van der Waals surface area contributed by atoms with E-state index in [1.807, 2.05) is 52.0 Å². The van der Waals surface area contributed by atoms with Gasteiger partial charge in [-0.3, -0.25) is 10.1 Å². The zero-order valence-electron chi connectivity index (χ0n) is 13.1. The maximum Gasteiger partial charge on any atom is 0.326 e. The Hall–Kier alpha value is -0.710. The Morgan fingerprint density at radius 1 is 1.48 bits per heavy atom. The van der Waals surface area contributed by atoms with Crippen molar-refractivity contribution in [3.63, 3.8) is 0 Å². The Balaban J connectivity index is 2.62. The van der Waals surface area contributed by atoms with E-state index >= 15 is 0 Å². The van der Waals surface area contributed by atoms with Gasteiger partial charge in [-0.05, 0) is 52.3 Å². The third-order valence-electron chi connectivity index (χ3n) is 3.00. The first-order valence-electron chi connectivity index (χ1n) is 7.20. The number of rotatable bonds is 8. The summed E-state index contributed by atoms with van der Waals surface area (Å²) in [7, 11) is 0. The van der Waals surface area contributed by atoms with E-state index in [1.54, 1.807) is 11.8 Å². The SMILES string of the molecule is CCOC(=O)C(C)(CCSc1cccc(Cl)c1)NC(C)C. The summed E-state index contributed by atoms with van der Waals surface area (Å²) >= 11 is 7.67. The van der Waals surface area contributed by atoms with Crippen LogP contribution < -0.4 is 5.32 Å². The number of nitrogens with one attached hydrogen (secondary N) is 1. The van der Waals surface area contributed by atoms with E-state index in [0.29, 0.717) is 13.0 Å². The fourth-order valence-electron chi connectivity index (χ4n) is 2.09. The van der Waals surface area contributed by atoms with Gasteiger partial charge in [-0.1, -0.05) is 17.7 Å². The van der Waals surface area contributed by atoms with Crippen LogP contribution in [0.1, 0.15) is 34.1 Å². The Morgan fingerprint density at radius 3 is 2.76 bits per heavy atom. The van der Waals surface area contributed by atoms with Crippen LogP contribution in [-0.2, 0) is 9.53 Å². The summed E-state index contributed by atoms with van der Waals surface area (Å²) in [5.74, 6) is 0.625. The smallest absolute Gasteiger partial charge is 0.326 e. The molecule has 3 nitrogen and oxygen atoms in total.